The number of alkyl halides is 6. The van der Waals surface area contributed by atoms with Crippen LogP contribution >= 0.6 is 0 Å². The third-order valence-electron chi connectivity index (χ3n) is 9.23. The maximum atomic E-state index is 14.1. The predicted octanol–water partition coefficient (Wildman–Crippen LogP) is 4.31. The molecule has 0 nitrogen and oxygen atoms in total. The Morgan fingerprint density at radius 1 is 0.540 bits per heavy atom. The van der Waals surface area contributed by atoms with Gasteiger partial charge in [0.25, 0.3) is 0 Å². The number of allylic oxidation sites excluding steroid dienone is 4. The van der Waals surface area contributed by atoms with Crippen LogP contribution < -0.4 is 35.3 Å². The van der Waals surface area contributed by atoms with Crippen LogP contribution in [0.4, 0.5) is 26.3 Å². The molecule has 0 unspecified atom stereocenters. The number of benzene rings is 6. The van der Waals surface area contributed by atoms with Crippen molar-refractivity contribution in [2.75, 3.05) is 0 Å². The second kappa shape index (κ2) is 13.3. The number of fused-ring (bicyclic) bond motifs is 8. The van der Waals surface area contributed by atoms with E-state index in [1.54, 1.807) is 12.1 Å². The normalized spacial score (nSPS) is 13.5. The van der Waals surface area contributed by atoms with Gasteiger partial charge >= 0.3 is 288 Å². The summed E-state index contributed by atoms with van der Waals surface area (Å²) in [5, 5.41) is 5.98. The first kappa shape index (κ1) is 35.9. The topological polar surface area (TPSA) is 0 Å². The molecule has 0 saturated heterocycles. The molecular formula is C41H23Cl2F6Zr. The van der Waals surface area contributed by atoms with Crippen molar-refractivity contribution in [3.05, 3.63) is 171 Å². The van der Waals surface area contributed by atoms with Crippen molar-refractivity contribution in [3.63, 3.8) is 0 Å². The van der Waals surface area contributed by atoms with Gasteiger partial charge in [0.1, 0.15) is 0 Å². The number of rotatable bonds is 3. The molecule has 8 rings (SSSR count). The predicted molar refractivity (Wildman–Crippen MR) is 175 cm³/mol. The van der Waals surface area contributed by atoms with Crippen molar-refractivity contribution in [2.24, 2.45) is 0 Å². The molecule has 0 fully saturated rings. The fraction of sp³-hybridized carbons (Fsp3) is 0.0732. The van der Waals surface area contributed by atoms with E-state index in [0.29, 0.717) is 17.2 Å². The van der Waals surface area contributed by atoms with E-state index < -0.39 is 23.5 Å². The fourth-order valence-electron chi connectivity index (χ4n) is 7.22. The second-order valence-corrected chi connectivity index (χ2v) is 13.2. The summed E-state index contributed by atoms with van der Waals surface area (Å²) in [6.45, 7) is 0. The molecule has 0 saturated carbocycles. The van der Waals surface area contributed by atoms with E-state index in [1.807, 2.05) is 54.6 Å². The van der Waals surface area contributed by atoms with Crippen LogP contribution in [0.1, 0.15) is 39.8 Å². The third kappa shape index (κ3) is 5.87. The minimum Gasteiger partial charge on any atom is -1.00 e. The summed E-state index contributed by atoms with van der Waals surface area (Å²) in [6.07, 6.45) is -2.73. The van der Waals surface area contributed by atoms with Crippen LogP contribution in [-0.2, 0) is 37.1 Å². The Kier molecular flexibility index (Phi) is 9.58. The first-order valence-electron chi connectivity index (χ1n) is 15.3. The molecule has 0 radical (unpaired) electrons. The van der Waals surface area contributed by atoms with Crippen LogP contribution in [0.2, 0.25) is 0 Å². The molecule has 0 heterocycles. The third-order valence-corrected chi connectivity index (χ3v) is 10.5. The van der Waals surface area contributed by atoms with Crippen LogP contribution in [0, 0.1) is 0 Å². The molecule has 0 amide bonds. The van der Waals surface area contributed by atoms with Crippen molar-refractivity contribution in [3.8, 4) is 11.1 Å². The zero-order chi connectivity index (χ0) is 33.4. The van der Waals surface area contributed by atoms with Gasteiger partial charge in [0.2, 0.25) is 0 Å². The first-order valence-corrected chi connectivity index (χ1v) is 16.5. The Labute approximate surface area is 311 Å². The van der Waals surface area contributed by atoms with Crippen LogP contribution in [0.3, 0.4) is 0 Å². The van der Waals surface area contributed by atoms with Gasteiger partial charge in [-0.1, -0.05) is 0 Å². The average molecular weight is 792 g/mol. The summed E-state index contributed by atoms with van der Waals surface area (Å²) < 4.78 is 85.6. The van der Waals surface area contributed by atoms with Gasteiger partial charge in [-0.25, -0.2) is 0 Å². The minimum atomic E-state index is -4.64. The molecule has 247 valence electrons. The first-order chi connectivity index (χ1) is 23.0. The van der Waals surface area contributed by atoms with Crippen molar-refractivity contribution in [1.29, 1.82) is 0 Å². The maximum absolute atomic E-state index is 14.1. The Morgan fingerprint density at radius 3 is 1.56 bits per heavy atom. The monoisotopic (exact) mass is 789 g/mol. The van der Waals surface area contributed by atoms with Gasteiger partial charge in [0, 0.05) is 0 Å². The molecule has 0 bridgehead atoms. The van der Waals surface area contributed by atoms with Gasteiger partial charge < -0.3 is 24.8 Å². The summed E-state index contributed by atoms with van der Waals surface area (Å²) in [7, 11) is 0. The van der Waals surface area contributed by atoms with Gasteiger partial charge in [0.05, 0.1) is 0 Å². The molecule has 50 heavy (non-hydrogen) atoms. The van der Waals surface area contributed by atoms with E-state index in [-0.39, 0.29) is 35.9 Å². The Balaban J connectivity index is 0.00000216. The molecule has 9 heteroatoms. The van der Waals surface area contributed by atoms with Crippen LogP contribution in [0.15, 0.2) is 127 Å². The fourth-order valence-corrected chi connectivity index (χ4v) is 8.37. The minimum absolute atomic E-state index is 0. The van der Waals surface area contributed by atoms with Crippen LogP contribution in [0.5, 0.6) is 0 Å². The van der Waals surface area contributed by atoms with Crippen molar-refractivity contribution < 1.29 is 75.9 Å². The molecule has 2 aliphatic rings. The summed E-state index contributed by atoms with van der Waals surface area (Å²) in [4.78, 5) is 0. The summed E-state index contributed by atoms with van der Waals surface area (Å²) in [5.74, 6) is 0. The van der Waals surface area contributed by atoms with E-state index in [4.69, 9.17) is 0 Å². The molecular weight excluding hydrogens is 769 g/mol. The van der Waals surface area contributed by atoms with Crippen molar-refractivity contribution in [2.45, 2.75) is 18.8 Å². The van der Waals surface area contributed by atoms with Gasteiger partial charge in [-0.2, -0.15) is 0 Å². The second-order valence-electron chi connectivity index (χ2n) is 12.0. The SMILES string of the molecule is FC(F)(F)c1cccc(C(c2cccc(C(F)(F)F)c2)=c2ccc3c(c2C2=CC=CC2)-c2c(c4ccccc4c4ccccc24)[C]=3[Zr+2])c1.[Cl-].[Cl-]. The van der Waals surface area contributed by atoms with Crippen LogP contribution in [-0.4, -0.2) is 0 Å². The summed E-state index contributed by atoms with van der Waals surface area (Å²) in [5.41, 5.74) is 3.84. The molecule has 6 aromatic rings. The van der Waals surface area contributed by atoms with Crippen molar-refractivity contribution in [1.82, 2.24) is 0 Å². The molecule has 0 N–H and O–H groups in total. The van der Waals surface area contributed by atoms with E-state index in [1.165, 1.54) is 36.9 Å². The number of hydrogen-bond acceptors (Lipinski definition) is 0. The zero-order valence-electron chi connectivity index (χ0n) is 25.9. The Bertz CT molecular complexity index is 2470. The maximum Gasteiger partial charge on any atom is -1.00 e. The van der Waals surface area contributed by atoms with Gasteiger partial charge in [-0.15, -0.1) is 0 Å². The molecule has 0 aliphatic heterocycles. The molecule has 0 spiro atoms. The van der Waals surface area contributed by atoms with Gasteiger partial charge in [-0.3, -0.25) is 0 Å². The van der Waals surface area contributed by atoms with Crippen LogP contribution in [0.25, 0.3) is 47.1 Å². The molecule has 2 aliphatic carbocycles. The van der Waals surface area contributed by atoms with Crippen molar-refractivity contribution >= 4 is 36.0 Å². The number of hydrogen-bond donors (Lipinski definition) is 0. The van der Waals surface area contributed by atoms with E-state index in [0.717, 1.165) is 82.1 Å². The Hall–Kier alpha value is -3.90. The standard InChI is InChI=1S/C41H23F6.2ClH.Zr/c42-40(43,44)28-13-7-11-25(21-28)36(26-12-8-14-29(22-26)41(45,46)47)34-20-19-27-23-35-32-17-4-3-15-30(32)31-16-5-6-18-33(31)39(35)38(27)37(34)24-9-1-2-10-24;;;/h1-9,11-22H,10H2;2*1H;/q;;;+2/p-2. The van der Waals surface area contributed by atoms with E-state index in [2.05, 4.69) is 24.3 Å². The molecule has 0 aromatic heterocycles. The van der Waals surface area contributed by atoms with Gasteiger partial charge in [0.15, 0.2) is 0 Å². The quantitative estimate of drug-likeness (QED) is 0.186. The van der Waals surface area contributed by atoms with Gasteiger partial charge in [-0.05, 0) is 0 Å². The zero-order valence-corrected chi connectivity index (χ0v) is 29.8. The molecule has 6 aromatic carbocycles. The summed E-state index contributed by atoms with van der Waals surface area (Å²) >= 11 is 1.20. The van der Waals surface area contributed by atoms with E-state index >= 15 is 0 Å². The smallest absolute Gasteiger partial charge is 1.00 e. The average Bonchev–Trinajstić information content (AvgIpc) is 3.72. The number of halogens is 8. The summed E-state index contributed by atoms with van der Waals surface area (Å²) in [6, 6.07) is 30.1. The molecule has 0 atom stereocenters. The largest absolute Gasteiger partial charge is 1.00 e. The Morgan fingerprint density at radius 2 is 1.06 bits per heavy atom. The van der Waals surface area contributed by atoms with E-state index in [9.17, 15) is 26.3 Å².